The zero-order valence-electron chi connectivity index (χ0n) is 15.3. The number of carbonyl (C=O) groups is 1. The van der Waals surface area contributed by atoms with Crippen molar-refractivity contribution in [1.29, 1.82) is 0 Å². The summed E-state index contributed by atoms with van der Waals surface area (Å²) in [5, 5.41) is 0. The minimum atomic E-state index is -0.180. The van der Waals surface area contributed by atoms with E-state index in [-0.39, 0.29) is 11.5 Å². The van der Waals surface area contributed by atoms with E-state index in [0.717, 1.165) is 31.5 Å². The molecule has 3 rings (SSSR count). The van der Waals surface area contributed by atoms with E-state index in [1.807, 2.05) is 47.2 Å². The van der Waals surface area contributed by atoms with Gasteiger partial charge in [-0.25, -0.2) is 4.98 Å². The Bertz CT molecular complexity index is 780. The van der Waals surface area contributed by atoms with Crippen LogP contribution in [0.15, 0.2) is 41.2 Å². The van der Waals surface area contributed by atoms with E-state index in [4.69, 9.17) is 0 Å². The molecule has 1 fully saturated rings. The number of carbonyl (C=O) groups excluding carboxylic acids is 1. The number of aromatic amines is 1. The summed E-state index contributed by atoms with van der Waals surface area (Å²) in [6, 6.07) is 11.1. The molecule has 0 saturated carbocycles. The first-order valence-electron chi connectivity index (χ1n) is 9.24. The molecular formula is C20H26N4O2. The maximum absolute atomic E-state index is 12.5. The number of benzene rings is 1. The van der Waals surface area contributed by atoms with Crippen LogP contribution in [0.4, 0.5) is 0 Å². The van der Waals surface area contributed by atoms with Crippen molar-refractivity contribution in [2.24, 2.45) is 0 Å². The average Bonchev–Trinajstić information content (AvgIpc) is 2.91. The monoisotopic (exact) mass is 354 g/mol. The van der Waals surface area contributed by atoms with Gasteiger partial charge in [-0.15, -0.1) is 0 Å². The second-order valence-corrected chi connectivity index (χ2v) is 6.92. The summed E-state index contributed by atoms with van der Waals surface area (Å²) >= 11 is 0. The van der Waals surface area contributed by atoms with Gasteiger partial charge in [0.2, 0.25) is 5.91 Å². The van der Waals surface area contributed by atoms with Gasteiger partial charge in [0, 0.05) is 31.3 Å². The smallest absolute Gasteiger partial charge is 0.251 e. The Hall–Kier alpha value is -2.47. The zero-order chi connectivity index (χ0) is 18.4. The van der Waals surface area contributed by atoms with E-state index in [9.17, 15) is 9.59 Å². The number of nitrogens with zero attached hydrogens (tertiary/aromatic N) is 3. The van der Waals surface area contributed by atoms with Gasteiger partial charge in [0.1, 0.15) is 5.82 Å². The highest BCUT2D eigenvalue weighted by atomic mass is 16.2. The van der Waals surface area contributed by atoms with E-state index in [1.54, 1.807) is 0 Å². The molecule has 0 radical (unpaired) electrons. The van der Waals surface area contributed by atoms with Crippen LogP contribution >= 0.6 is 0 Å². The van der Waals surface area contributed by atoms with Gasteiger partial charge in [-0.05, 0) is 19.9 Å². The number of likely N-dealkylation sites (N-methyl/N-ethyl adjacent to an activating group) is 1. The van der Waals surface area contributed by atoms with Crippen LogP contribution in [-0.2, 0) is 11.3 Å². The Morgan fingerprint density at radius 2 is 1.85 bits per heavy atom. The molecule has 0 atom stereocenters. The lowest BCUT2D eigenvalue weighted by Gasteiger charge is -2.24. The molecule has 138 valence electrons. The van der Waals surface area contributed by atoms with Crippen molar-refractivity contribution in [3.63, 3.8) is 0 Å². The van der Waals surface area contributed by atoms with Crippen molar-refractivity contribution in [3.8, 4) is 11.4 Å². The molecule has 2 aromatic rings. The summed E-state index contributed by atoms with van der Waals surface area (Å²) in [5.41, 5.74) is 1.36. The van der Waals surface area contributed by atoms with Gasteiger partial charge in [-0.3, -0.25) is 14.5 Å². The predicted octanol–water partition coefficient (Wildman–Crippen LogP) is 2.27. The fourth-order valence-corrected chi connectivity index (χ4v) is 3.31. The first kappa shape index (κ1) is 18.3. The lowest BCUT2D eigenvalue weighted by molar-refractivity contribution is -0.132. The Balaban J connectivity index is 1.65. The maximum Gasteiger partial charge on any atom is 0.251 e. The highest BCUT2D eigenvalue weighted by Gasteiger charge is 2.17. The van der Waals surface area contributed by atoms with Gasteiger partial charge in [0.15, 0.2) is 0 Å². The minimum absolute atomic E-state index is 0.155. The van der Waals surface area contributed by atoms with Crippen LogP contribution in [0, 0.1) is 0 Å². The van der Waals surface area contributed by atoms with Crippen LogP contribution in [-0.4, -0.2) is 52.4 Å². The fraction of sp³-hybridized carbons (Fsp3) is 0.450. The van der Waals surface area contributed by atoms with Crippen LogP contribution in [0.2, 0.25) is 0 Å². The Morgan fingerprint density at radius 1 is 1.15 bits per heavy atom. The van der Waals surface area contributed by atoms with E-state index in [2.05, 4.69) is 9.97 Å². The largest absolute Gasteiger partial charge is 0.342 e. The predicted molar refractivity (Wildman–Crippen MR) is 102 cm³/mol. The third kappa shape index (κ3) is 5.02. The van der Waals surface area contributed by atoms with Crippen LogP contribution in [0.1, 0.15) is 31.4 Å². The molecule has 1 saturated heterocycles. The van der Waals surface area contributed by atoms with Crippen LogP contribution in [0.5, 0.6) is 0 Å². The molecule has 6 heteroatoms. The number of hydrogen-bond donors (Lipinski definition) is 1. The fourth-order valence-electron chi connectivity index (χ4n) is 3.31. The standard InChI is InChI=1S/C20H26N4O2/c1-23(15-19(26)24-11-7-2-3-8-12-24)14-17-13-18(25)22-20(21-17)16-9-5-4-6-10-16/h4-6,9-10,13H,2-3,7-8,11-12,14-15H2,1H3,(H,21,22,25). The SMILES string of the molecule is CN(CC(=O)N1CCCCCC1)Cc1cc(=O)[nH]c(-c2ccccc2)n1. The van der Waals surface area contributed by atoms with Crippen molar-refractivity contribution in [3.05, 3.63) is 52.4 Å². The normalized spacial score (nSPS) is 15.1. The molecule has 2 heterocycles. The number of hydrogen-bond acceptors (Lipinski definition) is 4. The zero-order valence-corrected chi connectivity index (χ0v) is 15.3. The molecule has 1 aromatic carbocycles. The Labute approximate surface area is 153 Å². The minimum Gasteiger partial charge on any atom is -0.342 e. The average molecular weight is 354 g/mol. The second-order valence-electron chi connectivity index (χ2n) is 6.92. The van der Waals surface area contributed by atoms with Gasteiger partial charge >= 0.3 is 0 Å². The van der Waals surface area contributed by atoms with Crippen molar-refractivity contribution in [2.75, 3.05) is 26.7 Å². The Kier molecular flexibility index (Phi) is 6.17. The van der Waals surface area contributed by atoms with Crippen molar-refractivity contribution in [1.82, 2.24) is 19.8 Å². The first-order valence-corrected chi connectivity index (χ1v) is 9.24. The van der Waals surface area contributed by atoms with Gasteiger partial charge in [-0.1, -0.05) is 43.2 Å². The molecule has 0 spiro atoms. The van der Waals surface area contributed by atoms with E-state index < -0.39 is 0 Å². The van der Waals surface area contributed by atoms with Crippen molar-refractivity contribution < 1.29 is 4.79 Å². The molecule has 26 heavy (non-hydrogen) atoms. The lowest BCUT2D eigenvalue weighted by atomic mass is 10.2. The molecule has 0 aliphatic carbocycles. The summed E-state index contributed by atoms with van der Waals surface area (Å²) in [6.45, 7) is 2.51. The molecule has 1 aliphatic heterocycles. The van der Waals surface area contributed by atoms with Crippen LogP contribution < -0.4 is 5.56 Å². The molecular weight excluding hydrogens is 328 g/mol. The van der Waals surface area contributed by atoms with Crippen molar-refractivity contribution in [2.45, 2.75) is 32.2 Å². The van der Waals surface area contributed by atoms with Gasteiger partial charge in [0.25, 0.3) is 5.56 Å². The van der Waals surface area contributed by atoms with Crippen LogP contribution in [0.3, 0.4) is 0 Å². The highest BCUT2D eigenvalue weighted by Crippen LogP contribution is 2.13. The molecule has 1 N–H and O–H groups in total. The molecule has 1 aliphatic rings. The van der Waals surface area contributed by atoms with E-state index >= 15 is 0 Å². The first-order chi connectivity index (χ1) is 12.6. The molecule has 0 unspecified atom stereocenters. The van der Waals surface area contributed by atoms with Crippen LogP contribution in [0.25, 0.3) is 11.4 Å². The number of aromatic nitrogens is 2. The van der Waals surface area contributed by atoms with E-state index in [1.165, 1.54) is 18.9 Å². The number of rotatable bonds is 5. The van der Waals surface area contributed by atoms with Gasteiger partial charge < -0.3 is 9.88 Å². The lowest BCUT2D eigenvalue weighted by Crippen LogP contribution is -2.39. The number of nitrogens with one attached hydrogen (secondary N) is 1. The number of likely N-dealkylation sites (tertiary alicyclic amines) is 1. The highest BCUT2D eigenvalue weighted by molar-refractivity contribution is 5.78. The van der Waals surface area contributed by atoms with Crippen molar-refractivity contribution >= 4 is 5.91 Å². The second kappa shape index (κ2) is 8.76. The topological polar surface area (TPSA) is 69.3 Å². The van der Waals surface area contributed by atoms with Gasteiger partial charge in [0.05, 0.1) is 12.2 Å². The molecule has 6 nitrogen and oxygen atoms in total. The summed E-state index contributed by atoms with van der Waals surface area (Å²) in [7, 11) is 1.89. The number of H-pyrrole nitrogens is 1. The molecule has 1 amide bonds. The summed E-state index contributed by atoms with van der Waals surface area (Å²) in [6.07, 6.45) is 4.59. The third-order valence-corrected chi connectivity index (χ3v) is 4.64. The Morgan fingerprint density at radius 3 is 2.54 bits per heavy atom. The summed E-state index contributed by atoms with van der Waals surface area (Å²) in [4.78, 5) is 35.7. The quantitative estimate of drug-likeness (QED) is 0.894. The van der Waals surface area contributed by atoms with E-state index in [0.29, 0.717) is 24.6 Å². The maximum atomic E-state index is 12.5. The molecule has 0 bridgehead atoms. The third-order valence-electron chi connectivity index (χ3n) is 4.64. The number of amides is 1. The summed E-state index contributed by atoms with van der Waals surface area (Å²) < 4.78 is 0. The summed E-state index contributed by atoms with van der Waals surface area (Å²) in [5.74, 6) is 0.711. The van der Waals surface area contributed by atoms with Gasteiger partial charge in [-0.2, -0.15) is 0 Å². The molecule has 1 aromatic heterocycles.